The number of carbonyl (C=O) groups is 8. The van der Waals surface area contributed by atoms with Crippen molar-refractivity contribution in [2.75, 3.05) is 42.7 Å². The summed E-state index contributed by atoms with van der Waals surface area (Å²) in [5, 5.41) is 0. The Labute approximate surface area is 324 Å². The fourth-order valence-electron chi connectivity index (χ4n) is 11.3. The molecule has 7 fully saturated rings. The lowest BCUT2D eigenvalue weighted by atomic mass is 9.88. The number of Topliss-reactive ketones (excluding diaryl/α,β-unsaturated/α-hetero) is 2. The largest absolute Gasteiger partial charge is 0.469 e. The van der Waals surface area contributed by atoms with Gasteiger partial charge in [-0.2, -0.15) is 4.79 Å². The first-order chi connectivity index (χ1) is 26.7. The number of hydrogen-bond acceptors (Lipinski definition) is 14. The lowest BCUT2D eigenvalue weighted by Gasteiger charge is -2.18. The Morgan fingerprint density at radius 2 is 1.05 bits per heavy atom. The Morgan fingerprint density at radius 3 is 1.48 bits per heavy atom. The molecule has 15 unspecified atom stereocenters. The highest BCUT2D eigenvalue weighted by Gasteiger charge is 2.72. The molecular weight excluding hydrogens is 732 g/mol. The smallest absolute Gasteiger partial charge is 0.386 e. The van der Waals surface area contributed by atoms with Gasteiger partial charge in [0, 0.05) is 11.5 Å². The van der Waals surface area contributed by atoms with Crippen molar-refractivity contribution in [2.24, 2.45) is 88.8 Å². The summed E-state index contributed by atoms with van der Waals surface area (Å²) in [5.41, 5.74) is 8.31. The van der Waals surface area contributed by atoms with Crippen LogP contribution in [0.1, 0.15) is 38.5 Å². The Balaban J connectivity index is 0.000000149. The van der Waals surface area contributed by atoms with E-state index in [1.54, 1.807) is 0 Å². The second kappa shape index (κ2) is 17.4. The third kappa shape index (κ3) is 7.98. The van der Waals surface area contributed by atoms with Crippen LogP contribution in [0, 0.1) is 88.8 Å². The molecule has 0 aromatic heterocycles. The number of rotatable bonds is 9. The van der Waals surface area contributed by atoms with E-state index in [-0.39, 0.29) is 65.3 Å². The van der Waals surface area contributed by atoms with Crippen molar-refractivity contribution in [3.05, 3.63) is 29.8 Å². The van der Waals surface area contributed by atoms with Crippen LogP contribution < -0.4 is 0 Å². The summed E-state index contributed by atoms with van der Waals surface area (Å²) in [4.78, 5) is 91.7. The molecule has 15 atom stereocenters. The molecule has 8 rings (SSSR count). The van der Waals surface area contributed by atoms with Gasteiger partial charge in [-0.05, 0) is 104 Å². The maximum absolute atomic E-state index is 11.8. The zero-order valence-electron chi connectivity index (χ0n) is 32.5. The molecule has 0 aromatic carbocycles. The van der Waals surface area contributed by atoms with Gasteiger partial charge in [-0.15, -0.1) is 0 Å². The van der Waals surface area contributed by atoms with E-state index in [1.807, 2.05) is 0 Å². The minimum atomic E-state index is -1.05. The maximum Gasteiger partial charge on any atom is 0.386 e. The lowest BCUT2D eigenvalue weighted by molar-refractivity contribution is -0.152. The van der Waals surface area contributed by atoms with Crippen molar-refractivity contribution in [1.29, 1.82) is 0 Å². The van der Waals surface area contributed by atoms with Crippen LogP contribution in [0.5, 0.6) is 0 Å². The second-order valence-electron chi connectivity index (χ2n) is 15.8. The van der Waals surface area contributed by atoms with E-state index in [0.29, 0.717) is 59.1 Å². The second-order valence-corrected chi connectivity index (χ2v) is 15.8. The number of nitrogens with zero attached hydrogens (tertiary/aromatic N) is 2. The minimum Gasteiger partial charge on any atom is -0.469 e. The van der Waals surface area contributed by atoms with Gasteiger partial charge in [0.05, 0.1) is 60.4 Å². The highest BCUT2D eigenvalue weighted by molar-refractivity contribution is 6.55. The van der Waals surface area contributed by atoms with Gasteiger partial charge in [-0.3, -0.25) is 24.0 Å². The fourth-order valence-corrected chi connectivity index (χ4v) is 11.3. The molecule has 0 amide bonds. The Bertz CT molecular complexity index is 1650. The van der Waals surface area contributed by atoms with Crippen LogP contribution in [0.4, 0.5) is 0 Å². The zero-order chi connectivity index (χ0) is 41.2. The molecule has 7 saturated carbocycles. The van der Waals surface area contributed by atoms with Gasteiger partial charge in [0.25, 0.3) is 0 Å². The van der Waals surface area contributed by atoms with Crippen molar-refractivity contribution >= 4 is 53.6 Å². The molecular formula is C40H50N2O14. The SMILES string of the molecule is C=C(C(=O)OC)C1C2C3CC(C(=O)OC)C(C3)C12.COC(=O)C(=O)C1C2C3CC(C(=O)OC)C(C3)C12.COC(=O)C(=O)C=[N+]=[N-].COC(=O)C1CC2C=CC1C2. The number of hydrogen-bond donors (Lipinski definition) is 0. The third-order valence-electron chi connectivity index (χ3n) is 13.5. The highest BCUT2D eigenvalue weighted by atomic mass is 16.5. The summed E-state index contributed by atoms with van der Waals surface area (Å²) in [5.74, 6) is 0.653. The number of fused-ring (bicyclic) bond motifs is 12. The fraction of sp³-hybridized carbons (Fsp3) is 0.675. The number of carbonyl (C=O) groups excluding carboxylic acids is 8. The van der Waals surface area contributed by atoms with E-state index < -0.39 is 23.5 Å². The molecule has 8 aliphatic carbocycles. The Morgan fingerprint density at radius 1 is 0.571 bits per heavy atom. The van der Waals surface area contributed by atoms with Crippen molar-refractivity contribution in [3.63, 3.8) is 0 Å². The van der Waals surface area contributed by atoms with Crippen molar-refractivity contribution in [1.82, 2.24) is 0 Å². The first kappa shape index (κ1) is 42.2. The molecule has 304 valence electrons. The van der Waals surface area contributed by atoms with Crippen LogP contribution >= 0.6 is 0 Å². The Kier molecular flexibility index (Phi) is 13.1. The first-order valence-electron chi connectivity index (χ1n) is 18.8. The van der Waals surface area contributed by atoms with Crippen molar-refractivity contribution in [2.45, 2.75) is 38.5 Å². The molecule has 0 N–H and O–H groups in total. The molecule has 0 aliphatic heterocycles. The van der Waals surface area contributed by atoms with Crippen LogP contribution in [0.25, 0.3) is 5.53 Å². The van der Waals surface area contributed by atoms with Gasteiger partial charge in [0.15, 0.2) is 0 Å². The summed E-state index contributed by atoms with van der Waals surface area (Å²) in [6.45, 7) is 3.87. The van der Waals surface area contributed by atoms with E-state index in [2.05, 4.69) is 33.0 Å². The molecule has 0 radical (unpaired) electrons. The lowest BCUT2D eigenvalue weighted by Crippen LogP contribution is -2.24. The van der Waals surface area contributed by atoms with E-state index in [9.17, 15) is 38.4 Å². The highest BCUT2D eigenvalue weighted by Crippen LogP contribution is 2.73. The Hall–Kier alpha value is -4.98. The maximum atomic E-state index is 11.8. The molecule has 6 bridgehead atoms. The zero-order valence-corrected chi connectivity index (χ0v) is 32.5. The summed E-state index contributed by atoms with van der Waals surface area (Å²) >= 11 is 0. The molecule has 16 nitrogen and oxygen atoms in total. The molecule has 0 saturated heterocycles. The van der Waals surface area contributed by atoms with Gasteiger partial charge in [0.1, 0.15) is 0 Å². The first-order valence-corrected chi connectivity index (χ1v) is 18.8. The van der Waals surface area contributed by atoms with Crippen LogP contribution in [-0.2, 0) is 66.8 Å². The minimum absolute atomic E-state index is 0.0261. The van der Waals surface area contributed by atoms with E-state index >= 15 is 0 Å². The normalized spacial score (nSPS) is 36.7. The number of ketones is 2. The number of ether oxygens (including phenoxy) is 6. The van der Waals surface area contributed by atoms with Crippen LogP contribution in [0.15, 0.2) is 24.3 Å². The summed E-state index contributed by atoms with van der Waals surface area (Å²) in [6, 6.07) is 0. The van der Waals surface area contributed by atoms with Crippen LogP contribution in [0.2, 0.25) is 0 Å². The predicted molar refractivity (Wildman–Crippen MR) is 190 cm³/mol. The van der Waals surface area contributed by atoms with E-state index in [0.717, 1.165) is 39.2 Å². The summed E-state index contributed by atoms with van der Waals surface area (Å²) in [6.07, 6.45) is 10.9. The number of allylic oxidation sites excluding steroid dienone is 2. The standard InChI is InChI=1S/C14H18O4.C13H16O5.C9H12O2.C4H4N2O3/c1-6(13(15)17-2)10-11-7-4-8(12(10)11)9(5-7)14(16)18-3;1-17-12(15)7-4-5-3-6(7)9-8(5)10(9)11(14)13(16)18-2;1-11-9(10)8-5-6-2-3-7(8)4-6;1-9-4(8)3(7)2-6-5/h7-12H,1,4-5H2,2-3H3;5-10H,3-4H2,1-2H3;2-3,6-8H,4-5H2,1H3;2H,1H3. The van der Waals surface area contributed by atoms with Crippen LogP contribution in [0.3, 0.4) is 0 Å². The number of methoxy groups -OCH3 is 6. The predicted octanol–water partition coefficient (Wildman–Crippen LogP) is 2.23. The van der Waals surface area contributed by atoms with Crippen LogP contribution in [-0.4, -0.2) is 101 Å². The van der Waals surface area contributed by atoms with Gasteiger partial charge in [0.2, 0.25) is 5.78 Å². The van der Waals surface area contributed by atoms with Crippen molar-refractivity contribution in [3.8, 4) is 0 Å². The number of esters is 6. The summed E-state index contributed by atoms with van der Waals surface area (Å²) in [7, 11) is 7.99. The van der Waals surface area contributed by atoms with E-state index in [1.165, 1.54) is 42.0 Å². The monoisotopic (exact) mass is 782 g/mol. The average molecular weight is 783 g/mol. The third-order valence-corrected chi connectivity index (χ3v) is 13.5. The molecule has 56 heavy (non-hydrogen) atoms. The van der Waals surface area contributed by atoms with Gasteiger partial charge >= 0.3 is 47.8 Å². The summed E-state index contributed by atoms with van der Waals surface area (Å²) < 4.78 is 27.6. The molecule has 0 spiro atoms. The topological polar surface area (TPSA) is 228 Å². The van der Waals surface area contributed by atoms with E-state index in [4.69, 9.17) is 24.5 Å². The van der Waals surface area contributed by atoms with Gasteiger partial charge in [-0.25, -0.2) is 14.4 Å². The molecule has 0 heterocycles. The molecule has 8 aliphatic rings. The van der Waals surface area contributed by atoms with Gasteiger partial charge < -0.3 is 34.0 Å². The quantitative estimate of drug-likeness (QED) is 0.0478. The average Bonchev–Trinajstić information content (AvgIpc) is 3.59. The molecule has 0 aromatic rings. The van der Waals surface area contributed by atoms with Gasteiger partial charge in [-0.1, -0.05) is 18.7 Å². The van der Waals surface area contributed by atoms with Crippen molar-refractivity contribution < 1.29 is 71.6 Å². The molecule has 16 heteroatoms.